The molecule has 0 aliphatic heterocycles. The van der Waals surface area contributed by atoms with Crippen LogP contribution in [0.15, 0.2) is 30.9 Å². The summed E-state index contributed by atoms with van der Waals surface area (Å²) in [5, 5.41) is 3.45. The van der Waals surface area contributed by atoms with Gasteiger partial charge in [0.25, 0.3) is 0 Å². The normalized spacial score (nSPS) is 12.1. The first-order valence-corrected chi connectivity index (χ1v) is 7.91. The molecule has 0 saturated heterocycles. The maximum atomic E-state index is 14.2. The molecule has 1 aromatic carbocycles. The lowest BCUT2D eigenvalue weighted by molar-refractivity contribution is 0.381. The molecule has 0 aliphatic carbocycles. The Bertz CT molecular complexity index is 420. The molecular formula is C18H28FNO. The molecule has 1 unspecified atom stereocenters. The third-order valence-electron chi connectivity index (χ3n) is 3.62. The number of unbranched alkanes of at least 4 members (excludes halogenated alkanes) is 3. The molecule has 0 amide bonds. The van der Waals surface area contributed by atoms with Gasteiger partial charge in [-0.25, -0.2) is 4.39 Å². The summed E-state index contributed by atoms with van der Waals surface area (Å²) in [6.45, 7) is 6.74. The van der Waals surface area contributed by atoms with Crippen LogP contribution >= 0.6 is 0 Å². The second-order valence-corrected chi connectivity index (χ2v) is 5.29. The molecule has 0 spiro atoms. The average molecular weight is 293 g/mol. The van der Waals surface area contributed by atoms with E-state index in [1.165, 1.54) is 6.07 Å². The number of hydrogen-bond donors (Lipinski definition) is 1. The van der Waals surface area contributed by atoms with Crippen LogP contribution in [-0.2, 0) is 0 Å². The molecule has 2 nitrogen and oxygen atoms in total. The molecule has 0 heterocycles. The van der Waals surface area contributed by atoms with E-state index in [9.17, 15) is 4.39 Å². The zero-order valence-corrected chi connectivity index (χ0v) is 13.3. The summed E-state index contributed by atoms with van der Waals surface area (Å²) in [5.74, 6) is 0.448. The smallest absolute Gasteiger partial charge is 0.131 e. The van der Waals surface area contributed by atoms with E-state index in [0.717, 1.165) is 45.1 Å². The second kappa shape index (κ2) is 10.4. The van der Waals surface area contributed by atoms with Crippen molar-refractivity contribution in [1.29, 1.82) is 0 Å². The van der Waals surface area contributed by atoms with Crippen LogP contribution in [0.3, 0.4) is 0 Å². The van der Waals surface area contributed by atoms with Gasteiger partial charge >= 0.3 is 0 Å². The van der Waals surface area contributed by atoms with Crippen molar-refractivity contribution in [2.24, 2.45) is 0 Å². The number of hydrogen-bond acceptors (Lipinski definition) is 2. The van der Waals surface area contributed by atoms with Gasteiger partial charge in [0.2, 0.25) is 0 Å². The van der Waals surface area contributed by atoms with Crippen LogP contribution in [0.4, 0.5) is 4.39 Å². The van der Waals surface area contributed by atoms with Crippen LogP contribution in [-0.4, -0.2) is 13.7 Å². The molecule has 0 radical (unpaired) electrons. The van der Waals surface area contributed by atoms with Gasteiger partial charge in [0.15, 0.2) is 0 Å². The van der Waals surface area contributed by atoms with Gasteiger partial charge in [-0.1, -0.05) is 31.9 Å². The number of benzene rings is 1. The quantitative estimate of drug-likeness (QED) is 0.457. The molecule has 0 fully saturated rings. The largest absolute Gasteiger partial charge is 0.496 e. The van der Waals surface area contributed by atoms with Gasteiger partial charge < -0.3 is 10.1 Å². The van der Waals surface area contributed by atoms with Crippen molar-refractivity contribution < 1.29 is 9.13 Å². The molecule has 0 bridgehead atoms. The van der Waals surface area contributed by atoms with Crippen LogP contribution in [0.1, 0.15) is 57.1 Å². The van der Waals surface area contributed by atoms with E-state index in [0.29, 0.717) is 11.3 Å². The van der Waals surface area contributed by atoms with Gasteiger partial charge in [-0.05, 0) is 44.4 Å². The molecular weight excluding hydrogens is 265 g/mol. The summed E-state index contributed by atoms with van der Waals surface area (Å²) in [4.78, 5) is 0. The summed E-state index contributed by atoms with van der Waals surface area (Å²) in [6.07, 6.45) is 8.33. The minimum Gasteiger partial charge on any atom is -0.496 e. The van der Waals surface area contributed by atoms with Gasteiger partial charge in [-0.15, -0.1) is 6.58 Å². The van der Waals surface area contributed by atoms with Crippen molar-refractivity contribution in [1.82, 2.24) is 5.32 Å². The number of nitrogens with one attached hydrogen (secondary N) is 1. The van der Waals surface area contributed by atoms with Crippen molar-refractivity contribution in [2.75, 3.05) is 13.7 Å². The Morgan fingerprint density at radius 2 is 2.14 bits per heavy atom. The molecule has 0 aromatic heterocycles. The highest BCUT2D eigenvalue weighted by Crippen LogP contribution is 2.31. The van der Waals surface area contributed by atoms with E-state index >= 15 is 0 Å². The van der Waals surface area contributed by atoms with E-state index in [4.69, 9.17) is 4.74 Å². The highest BCUT2D eigenvalue weighted by molar-refractivity contribution is 5.37. The fraction of sp³-hybridized carbons (Fsp3) is 0.556. The Balaban J connectivity index is 2.74. The maximum Gasteiger partial charge on any atom is 0.131 e. The Morgan fingerprint density at radius 3 is 2.81 bits per heavy atom. The number of halogens is 1. The summed E-state index contributed by atoms with van der Waals surface area (Å²) in [6, 6.07) is 5.05. The average Bonchev–Trinajstić information content (AvgIpc) is 2.50. The van der Waals surface area contributed by atoms with E-state index in [-0.39, 0.29) is 11.9 Å². The van der Waals surface area contributed by atoms with Crippen LogP contribution < -0.4 is 10.1 Å². The standard InChI is InChI=1S/C18H28FNO/c1-4-6-7-8-9-12-16(20-14-5-2)18-15(19)11-10-13-17(18)21-3/h4,10-11,13,16,20H,1,5-9,12,14H2,2-3H3. The summed E-state index contributed by atoms with van der Waals surface area (Å²) in [5.41, 5.74) is 0.664. The van der Waals surface area contributed by atoms with E-state index < -0.39 is 0 Å². The molecule has 1 rings (SSSR count). The molecule has 1 aromatic rings. The first-order valence-electron chi connectivity index (χ1n) is 7.91. The van der Waals surface area contributed by atoms with Gasteiger partial charge in [0.1, 0.15) is 11.6 Å². The lowest BCUT2D eigenvalue weighted by Gasteiger charge is -2.22. The first kappa shape index (κ1) is 17.7. The predicted octanol–water partition coefficient (Wildman–Crippen LogP) is 5.01. The minimum absolute atomic E-state index is 0.0184. The number of rotatable bonds is 11. The molecule has 0 aliphatic rings. The highest BCUT2D eigenvalue weighted by Gasteiger charge is 2.19. The fourth-order valence-corrected chi connectivity index (χ4v) is 2.51. The van der Waals surface area contributed by atoms with Gasteiger partial charge in [0, 0.05) is 11.6 Å². The lowest BCUT2D eigenvalue weighted by atomic mass is 9.98. The van der Waals surface area contributed by atoms with Crippen LogP contribution in [0.2, 0.25) is 0 Å². The SMILES string of the molecule is C=CCCCCCC(NCCC)c1c(F)cccc1OC. The Morgan fingerprint density at radius 1 is 1.33 bits per heavy atom. The summed E-state index contributed by atoms with van der Waals surface area (Å²) >= 11 is 0. The zero-order chi connectivity index (χ0) is 15.5. The van der Waals surface area contributed by atoms with Crippen molar-refractivity contribution in [3.05, 3.63) is 42.2 Å². The van der Waals surface area contributed by atoms with Gasteiger partial charge in [0.05, 0.1) is 7.11 Å². The van der Waals surface area contributed by atoms with Crippen molar-refractivity contribution in [2.45, 2.75) is 51.5 Å². The maximum absolute atomic E-state index is 14.2. The minimum atomic E-state index is -0.186. The Kier molecular flexibility index (Phi) is 8.76. The van der Waals surface area contributed by atoms with Gasteiger partial charge in [-0.3, -0.25) is 0 Å². The van der Waals surface area contributed by atoms with E-state index in [1.807, 2.05) is 12.1 Å². The van der Waals surface area contributed by atoms with E-state index in [2.05, 4.69) is 18.8 Å². The molecule has 0 saturated carbocycles. The molecule has 1 N–H and O–H groups in total. The predicted molar refractivity (Wildman–Crippen MR) is 87.3 cm³/mol. The molecule has 118 valence electrons. The van der Waals surface area contributed by atoms with Crippen LogP contribution in [0, 0.1) is 5.82 Å². The first-order chi connectivity index (χ1) is 10.2. The van der Waals surface area contributed by atoms with Crippen molar-refractivity contribution >= 4 is 0 Å². The number of ether oxygens (including phenoxy) is 1. The van der Waals surface area contributed by atoms with Crippen molar-refractivity contribution in [3.8, 4) is 5.75 Å². The second-order valence-electron chi connectivity index (χ2n) is 5.29. The zero-order valence-electron chi connectivity index (χ0n) is 13.3. The molecule has 21 heavy (non-hydrogen) atoms. The Hall–Kier alpha value is -1.35. The molecule has 1 atom stereocenters. The van der Waals surface area contributed by atoms with Crippen LogP contribution in [0.25, 0.3) is 0 Å². The fourth-order valence-electron chi connectivity index (χ4n) is 2.51. The highest BCUT2D eigenvalue weighted by atomic mass is 19.1. The lowest BCUT2D eigenvalue weighted by Crippen LogP contribution is -2.23. The van der Waals surface area contributed by atoms with Crippen molar-refractivity contribution in [3.63, 3.8) is 0 Å². The monoisotopic (exact) mass is 293 g/mol. The van der Waals surface area contributed by atoms with Crippen LogP contribution in [0.5, 0.6) is 5.75 Å². The molecule has 3 heteroatoms. The third kappa shape index (κ3) is 5.88. The van der Waals surface area contributed by atoms with E-state index in [1.54, 1.807) is 13.2 Å². The Labute approximate surface area is 128 Å². The summed E-state index contributed by atoms with van der Waals surface area (Å²) < 4.78 is 19.5. The number of allylic oxidation sites excluding steroid dienone is 1. The third-order valence-corrected chi connectivity index (χ3v) is 3.62. The van der Waals surface area contributed by atoms with Gasteiger partial charge in [-0.2, -0.15) is 0 Å². The topological polar surface area (TPSA) is 21.3 Å². The number of methoxy groups -OCH3 is 1. The summed E-state index contributed by atoms with van der Waals surface area (Å²) in [7, 11) is 1.60.